The van der Waals surface area contributed by atoms with Gasteiger partial charge in [-0.15, -0.1) is 0 Å². The lowest BCUT2D eigenvalue weighted by molar-refractivity contribution is 1.04. The van der Waals surface area contributed by atoms with E-state index < -0.39 is 0 Å². The molecule has 1 aliphatic carbocycles. The first kappa shape index (κ1) is 10.4. The minimum Gasteiger partial charge on any atom is -0.398 e. The Hall–Kier alpha value is -1.77. The molecule has 0 spiro atoms. The molecule has 0 atom stereocenters. The van der Waals surface area contributed by atoms with Gasteiger partial charge in [-0.25, -0.2) is 0 Å². The second-order valence-corrected chi connectivity index (χ2v) is 5.01. The van der Waals surface area contributed by atoms with Gasteiger partial charge >= 0.3 is 0 Å². The van der Waals surface area contributed by atoms with Crippen LogP contribution in [-0.4, -0.2) is 19.1 Å². The second kappa shape index (κ2) is 3.62. The maximum absolute atomic E-state index is 6.13. The Bertz CT molecular complexity index is 571. The molecule has 0 radical (unpaired) electrons. The number of aromatic nitrogens is 1. The Morgan fingerprint density at radius 1 is 1.24 bits per heavy atom. The zero-order chi connectivity index (χ0) is 12.0. The standard InChI is InChI=1S/C14H17N3/c1-17(2)10-5-6-13-11(7-10)12(15)8-14(16-13)9-3-4-9/h5-9H,3-4H2,1-2H3,(H2,15,16). The minimum absolute atomic E-state index is 0.648. The smallest absolute Gasteiger partial charge is 0.0727 e. The van der Waals surface area contributed by atoms with E-state index in [1.54, 1.807) is 0 Å². The van der Waals surface area contributed by atoms with Gasteiger partial charge in [0, 0.05) is 42.5 Å². The van der Waals surface area contributed by atoms with E-state index in [-0.39, 0.29) is 0 Å². The van der Waals surface area contributed by atoms with E-state index in [2.05, 4.69) is 23.1 Å². The molecule has 0 amide bonds. The number of fused-ring (bicyclic) bond motifs is 1. The fourth-order valence-corrected chi connectivity index (χ4v) is 2.13. The van der Waals surface area contributed by atoms with Gasteiger partial charge in [0.1, 0.15) is 0 Å². The number of nitrogens with two attached hydrogens (primary N) is 1. The topological polar surface area (TPSA) is 42.2 Å². The molecule has 1 heterocycles. The van der Waals surface area contributed by atoms with Crippen molar-refractivity contribution < 1.29 is 0 Å². The summed E-state index contributed by atoms with van der Waals surface area (Å²) in [4.78, 5) is 6.78. The summed E-state index contributed by atoms with van der Waals surface area (Å²) >= 11 is 0. The van der Waals surface area contributed by atoms with Gasteiger partial charge in [-0.2, -0.15) is 0 Å². The molecule has 1 aromatic heterocycles. The van der Waals surface area contributed by atoms with Crippen molar-refractivity contribution in [2.24, 2.45) is 0 Å². The van der Waals surface area contributed by atoms with Gasteiger partial charge < -0.3 is 10.6 Å². The summed E-state index contributed by atoms with van der Waals surface area (Å²) in [6, 6.07) is 8.30. The van der Waals surface area contributed by atoms with Crippen molar-refractivity contribution in [3.63, 3.8) is 0 Å². The van der Waals surface area contributed by atoms with Crippen LogP contribution in [0.5, 0.6) is 0 Å². The van der Waals surface area contributed by atoms with Crippen LogP contribution in [0.4, 0.5) is 11.4 Å². The SMILES string of the molecule is CN(C)c1ccc2nc(C3CC3)cc(N)c2c1. The number of rotatable bonds is 2. The van der Waals surface area contributed by atoms with Gasteiger partial charge in [-0.3, -0.25) is 4.98 Å². The van der Waals surface area contributed by atoms with Crippen LogP contribution >= 0.6 is 0 Å². The largest absolute Gasteiger partial charge is 0.398 e. The monoisotopic (exact) mass is 227 g/mol. The van der Waals surface area contributed by atoms with Crippen molar-refractivity contribution in [1.82, 2.24) is 4.98 Å². The molecule has 1 fully saturated rings. The number of pyridine rings is 1. The Kier molecular flexibility index (Phi) is 2.21. The predicted octanol–water partition coefficient (Wildman–Crippen LogP) is 2.76. The van der Waals surface area contributed by atoms with E-state index >= 15 is 0 Å². The lowest BCUT2D eigenvalue weighted by Gasteiger charge is -2.14. The third-order valence-corrected chi connectivity index (χ3v) is 3.36. The van der Waals surface area contributed by atoms with E-state index in [0.717, 1.165) is 28.0 Å². The summed E-state index contributed by atoms with van der Waals surface area (Å²) in [5, 5.41) is 1.06. The summed E-state index contributed by atoms with van der Waals surface area (Å²) in [6.45, 7) is 0. The molecule has 0 aliphatic heterocycles. The van der Waals surface area contributed by atoms with Gasteiger partial charge in [0.2, 0.25) is 0 Å². The fraction of sp³-hybridized carbons (Fsp3) is 0.357. The quantitative estimate of drug-likeness (QED) is 0.857. The number of nitrogen functional groups attached to an aromatic ring is 1. The number of anilines is 2. The Morgan fingerprint density at radius 3 is 2.65 bits per heavy atom. The molecule has 88 valence electrons. The molecule has 0 bridgehead atoms. The average molecular weight is 227 g/mol. The van der Waals surface area contributed by atoms with Crippen LogP contribution in [0.2, 0.25) is 0 Å². The molecule has 2 N–H and O–H groups in total. The lowest BCUT2D eigenvalue weighted by Crippen LogP contribution is -2.08. The van der Waals surface area contributed by atoms with Crippen LogP contribution in [0.1, 0.15) is 24.5 Å². The Labute approximate surface area is 101 Å². The highest BCUT2D eigenvalue weighted by molar-refractivity contribution is 5.92. The van der Waals surface area contributed by atoms with Crippen LogP contribution in [0.3, 0.4) is 0 Å². The van der Waals surface area contributed by atoms with Crippen molar-refractivity contribution in [1.29, 1.82) is 0 Å². The van der Waals surface area contributed by atoms with Crippen molar-refractivity contribution in [3.8, 4) is 0 Å². The summed E-state index contributed by atoms with van der Waals surface area (Å²) < 4.78 is 0. The summed E-state index contributed by atoms with van der Waals surface area (Å²) in [5.74, 6) is 0.648. The molecule has 0 saturated heterocycles. The first-order valence-corrected chi connectivity index (χ1v) is 6.02. The Balaban J connectivity index is 2.17. The molecule has 17 heavy (non-hydrogen) atoms. The van der Waals surface area contributed by atoms with E-state index in [1.807, 2.05) is 20.2 Å². The summed E-state index contributed by atoms with van der Waals surface area (Å²) in [7, 11) is 4.06. The number of nitrogens with zero attached hydrogens (tertiary/aromatic N) is 2. The first-order chi connectivity index (χ1) is 8.15. The van der Waals surface area contributed by atoms with Crippen molar-refractivity contribution in [2.75, 3.05) is 24.7 Å². The minimum atomic E-state index is 0.648. The van der Waals surface area contributed by atoms with Crippen LogP contribution in [0.25, 0.3) is 10.9 Å². The van der Waals surface area contributed by atoms with Crippen LogP contribution in [-0.2, 0) is 0 Å². The third-order valence-electron chi connectivity index (χ3n) is 3.36. The van der Waals surface area contributed by atoms with Gasteiger partial charge in [0.05, 0.1) is 5.52 Å². The normalized spacial score (nSPS) is 15.2. The van der Waals surface area contributed by atoms with Gasteiger partial charge in [-0.1, -0.05) is 0 Å². The van der Waals surface area contributed by atoms with E-state index in [4.69, 9.17) is 10.7 Å². The highest BCUT2D eigenvalue weighted by Crippen LogP contribution is 2.40. The molecule has 3 nitrogen and oxygen atoms in total. The van der Waals surface area contributed by atoms with Crippen LogP contribution in [0, 0.1) is 0 Å². The highest BCUT2D eigenvalue weighted by atomic mass is 15.1. The van der Waals surface area contributed by atoms with Gasteiger partial charge in [0.25, 0.3) is 0 Å². The molecule has 3 heteroatoms. The zero-order valence-electron chi connectivity index (χ0n) is 10.3. The average Bonchev–Trinajstić information content (AvgIpc) is 3.12. The summed E-state index contributed by atoms with van der Waals surface area (Å²) in [6.07, 6.45) is 2.52. The first-order valence-electron chi connectivity index (χ1n) is 6.02. The molecule has 2 aromatic rings. The van der Waals surface area contributed by atoms with Gasteiger partial charge in [-0.05, 0) is 37.1 Å². The summed E-state index contributed by atoms with van der Waals surface area (Å²) in [5.41, 5.74) is 10.3. The Morgan fingerprint density at radius 2 is 2.00 bits per heavy atom. The van der Waals surface area contributed by atoms with Crippen molar-refractivity contribution in [3.05, 3.63) is 30.0 Å². The molecule has 1 saturated carbocycles. The molecular formula is C14H17N3. The molecule has 1 aliphatic rings. The van der Waals surface area contributed by atoms with Crippen LogP contribution in [0.15, 0.2) is 24.3 Å². The number of benzene rings is 1. The van der Waals surface area contributed by atoms with E-state index in [1.165, 1.54) is 12.8 Å². The molecular weight excluding hydrogens is 210 g/mol. The van der Waals surface area contributed by atoms with Crippen molar-refractivity contribution in [2.45, 2.75) is 18.8 Å². The second-order valence-electron chi connectivity index (χ2n) is 5.01. The van der Waals surface area contributed by atoms with E-state index in [9.17, 15) is 0 Å². The predicted molar refractivity (Wildman–Crippen MR) is 72.5 cm³/mol. The molecule has 0 unspecified atom stereocenters. The fourth-order valence-electron chi connectivity index (χ4n) is 2.13. The zero-order valence-corrected chi connectivity index (χ0v) is 10.3. The molecule has 1 aromatic carbocycles. The lowest BCUT2D eigenvalue weighted by atomic mass is 10.1. The molecule has 3 rings (SSSR count). The van der Waals surface area contributed by atoms with E-state index in [0.29, 0.717) is 5.92 Å². The van der Waals surface area contributed by atoms with Crippen LogP contribution < -0.4 is 10.6 Å². The highest BCUT2D eigenvalue weighted by Gasteiger charge is 2.25. The number of hydrogen-bond donors (Lipinski definition) is 1. The third kappa shape index (κ3) is 1.82. The van der Waals surface area contributed by atoms with Gasteiger partial charge in [0.15, 0.2) is 0 Å². The maximum Gasteiger partial charge on any atom is 0.0727 e. The maximum atomic E-state index is 6.13. The number of hydrogen-bond acceptors (Lipinski definition) is 3. The van der Waals surface area contributed by atoms with Crippen molar-refractivity contribution >= 4 is 22.3 Å².